The first-order valence-corrected chi connectivity index (χ1v) is 5.46. The number of hydrogen-bond donors (Lipinski definition) is 2. The van der Waals surface area contributed by atoms with E-state index in [4.69, 9.17) is 10.3 Å². The molecule has 0 fully saturated rings. The molecule has 0 aliphatic carbocycles. The molecule has 0 spiro atoms. The van der Waals surface area contributed by atoms with Gasteiger partial charge in [0, 0.05) is 17.8 Å². The van der Waals surface area contributed by atoms with Crippen molar-refractivity contribution in [3.8, 4) is 0 Å². The number of aryl methyl sites for hydroxylation is 2. The van der Waals surface area contributed by atoms with E-state index in [1.165, 1.54) is 0 Å². The van der Waals surface area contributed by atoms with Crippen LogP contribution in [0.5, 0.6) is 0 Å². The molecule has 2 heterocycles. The summed E-state index contributed by atoms with van der Waals surface area (Å²) in [6.45, 7) is 4.39. The van der Waals surface area contributed by atoms with Crippen LogP contribution in [0.25, 0.3) is 0 Å². The molecule has 0 saturated carbocycles. The predicted molar refractivity (Wildman–Crippen MR) is 64.4 cm³/mol. The molecular weight excluding hydrogens is 218 g/mol. The van der Waals surface area contributed by atoms with Crippen LogP contribution in [0.15, 0.2) is 16.8 Å². The lowest BCUT2D eigenvalue weighted by molar-refractivity contribution is 0.382. The van der Waals surface area contributed by atoms with Crippen LogP contribution >= 0.6 is 0 Å². The Morgan fingerprint density at radius 2 is 2.29 bits per heavy atom. The van der Waals surface area contributed by atoms with Gasteiger partial charge in [0.05, 0.1) is 12.2 Å². The molecular formula is C11H15N5O. The van der Waals surface area contributed by atoms with Crippen LogP contribution in [-0.4, -0.2) is 15.1 Å². The molecule has 2 aromatic rings. The molecule has 17 heavy (non-hydrogen) atoms. The fourth-order valence-electron chi connectivity index (χ4n) is 1.31. The van der Waals surface area contributed by atoms with E-state index in [0.29, 0.717) is 18.3 Å². The second-order valence-electron chi connectivity index (χ2n) is 3.75. The van der Waals surface area contributed by atoms with Gasteiger partial charge in [0.1, 0.15) is 5.82 Å². The van der Waals surface area contributed by atoms with Crippen molar-refractivity contribution >= 4 is 11.8 Å². The second kappa shape index (κ2) is 4.82. The van der Waals surface area contributed by atoms with Crippen LogP contribution in [-0.2, 0) is 13.0 Å². The van der Waals surface area contributed by atoms with Gasteiger partial charge in [0.15, 0.2) is 5.76 Å². The van der Waals surface area contributed by atoms with Crippen molar-refractivity contribution in [1.82, 2.24) is 15.1 Å². The molecule has 2 rings (SSSR count). The van der Waals surface area contributed by atoms with E-state index >= 15 is 0 Å². The molecule has 0 aromatic carbocycles. The van der Waals surface area contributed by atoms with E-state index in [1.54, 1.807) is 6.20 Å². The Hall–Kier alpha value is -2.11. The number of nitrogens with two attached hydrogens (primary N) is 1. The fraction of sp³-hybridized carbons (Fsp3) is 0.364. The van der Waals surface area contributed by atoms with Crippen molar-refractivity contribution in [2.45, 2.75) is 26.8 Å². The molecule has 0 atom stereocenters. The van der Waals surface area contributed by atoms with E-state index < -0.39 is 0 Å². The van der Waals surface area contributed by atoms with Gasteiger partial charge in [-0.1, -0.05) is 12.1 Å². The van der Waals surface area contributed by atoms with Crippen molar-refractivity contribution in [2.24, 2.45) is 0 Å². The summed E-state index contributed by atoms with van der Waals surface area (Å²) in [7, 11) is 0. The Bertz CT molecular complexity index is 508. The first kappa shape index (κ1) is 11.4. The van der Waals surface area contributed by atoms with E-state index in [9.17, 15) is 0 Å². The number of nitrogens with zero attached hydrogens (tertiary/aromatic N) is 3. The second-order valence-corrected chi connectivity index (χ2v) is 3.75. The van der Waals surface area contributed by atoms with Gasteiger partial charge in [-0.05, 0) is 13.3 Å². The summed E-state index contributed by atoms with van der Waals surface area (Å²) in [6, 6.07) is 1.91. The summed E-state index contributed by atoms with van der Waals surface area (Å²) in [4.78, 5) is 8.23. The normalized spacial score (nSPS) is 10.5. The summed E-state index contributed by atoms with van der Waals surface area (Å²) in [5, 5.41) is 6.93. The van der Waals surface area contributed by atoms with Gasteiger partial charge in [0.2, 0.25) is 5.95 Å². The zero-order valence-corrected chi connectivity index (χ0v) is 9.90. The zero-order chi connectivity index (χ0) is 12.3. The number of nitrogens with one attached hydrogen (secondary N) is 1. The van der Waals surface area contributed by atoms with Crippen LogP contribution in [0, 0.1) is 6.92 Å². The average Bonchev–Trinajstić information content (AvgIpc) is 2.79. The van der Waals surface area contributed by atoms with Gasteiger partial charge >= 0.3 is 0 Å². The number of anilines is 2. The molecule has 0 radical (unpaired) electrons. The number of rotatable bonds is 4. The van der Waals surface area contributed by atoms with Gasteiger partial charge in [0.25, 0.3) is 0 Å². The largest absolute Gasteiger partial charge is 0.383 e. The Kier molecular flexibility index (Phi) is 3.22. The molecule has 0 aliphatic rings. The molecule has 90 valence electrons. The molecule has 6 nitrogen and oxygen atoms in total. The van der Waals surface area contributed by atoms with Crippen LogP contribution in [0.4, 0.5) is 11.8 Å². The third-order valence-corrected chi connectivity index (χ3v) is 2.40. The smallest absolute Gasteiger partial charge is 0.224 e. The Morgan fingerprint density at radius 3 is 2.94 bits per heavy atom. The summed E-state index contributed by atoms with van der Waals surface area (Å²) in [5.41, 5.74) is 7.49. The van der Waals surface area contributed by atoms with E-state index in [-0.39, 0.29) is 0 Å². The standard InChI is InChI=1S/C11H15N5O/c1-3-8-4-9(17-16-8)6-14-11-13-5-7(2)10(12)15-11/h4-5H,3,6H2,1-2H3,(H3,12,13,14,15). The molecule has 0 saturated heterocycles. The van der Waals surface area contributed by atoms with Gasteiger partial charge in [-0.2, -0.15) is 4.98 Å². The maximum absolute atomic E-state index is 5.69. The molecule has 0 amide bonds. The van der Waals surface area contributed by atoms with Crippen molar-refractivity contribution in [3.05, 3.63) is 29.3 Å². The van der Waals surface area contributed by atoms with Crippen molar-refractivity contribution < 1.29 is 4.52 Å². The maximum Gasteiger partial charge on any atom is 0.224 e. The third-order valence-electron chi connectivity index (χ3n) is 2.40. The fourth-order valence-corrected chi connectivity index (χ4v) is 1.31. The van der Waals surface area contributed by atoms with Crippen LogP contribution in [0.3, 0.4) is 0 Å². The lowest BCUT2D eigenvalue weighted by Crippen LogP contribution is -2.05. The van der Waals surface area contributed by atoms with E-state index in [0.717, 1.165) is 23.4 Å². The number of nitrogen functional groups attached to an aromatic ring is 1. The van der Waals surface area contributed by atoms with E-state index in [1.807, 2.05) is 19.9 Å². The highest BCUT2D eigenvalue weighted by Crippen LogP contribution is 2.10. The molecule has 3 N–H and O–H groups in total. The summed E-state index contributed by atoms with van der Waals surface area (Å²) < 4.78 is 5.13. The third kappa shape index (κ3) is 2.72. The minimum atomic E-state index is 0.481. The van der Waals surface area contributed by atoms with Gasteiger partial charge < -0.3 is 15.6 Å². The highest BCUT2D eigenvalue weighted by molar-refractivity contribution is 5.42. The zero-order valence-electron chi connectivity index (χ0n) is 9.90. The minimum Gasteiger partial charge on any atom is -0.383 e. The van der Waals surface area contributed by atoms with Crippen LogP contribution in [0.2, 0.25) is 0 Å². The number of hydrogen-bond acceptors (Lipinski definition) is 6. The Labute approximate surface area is 99.2 Å². The summed E-state index contributed by atoms with van der Waals surface area (Å²) in [5.74, 6) is 1.72. The molecule has 6 heteroatoms. The number of aromatic nitrogens is 3. The van der Waals surface area contributed by atoms with Crippen molar-refractivity contribution in [3.63, 3.8) is 0 Å². The quantitative estimate of drug-likeness (QED) is 0.832. The van der Waals surface area contributed by atoms with Gasteiger partial charge in [-0.25, -0.2) is 4.98 Å². The Balaban J connectivity index is 1.99. The lowest BCUT2D eigenvalue weighted by Gasteiger charge is -2.03. The highest BCUT2D eigenvalue weighted by Gasteiger charge is 2.04. The summed E-state index contributed by atoms with van der Waals surface area (Å²) in [6.07, 6.45) is 2.54. The van der Waals surface area contributed by atoms with Gasteiger partial charge in [-0.3, -0.25) is 0 Å². The maximum atomic E-state index is 5.69. The van der Waals surface area contributed by atoms with Crippen molar-refractivity contribution in [1.29, 1.82) is 0 Å². The van der Waals surface area contributed by atoms with E-state index in [2.05, 4.69) is 20.4 Å². The summed E-state index contributed by atoms with van der Waals surface area (Å²) >= 11 is 0. The van der Waals surface area contributed by atoms with Crippen LogP contribution in [0.1, 0.15) is 23.9 Å². The first-order valence-electron chi connectivity index (χ1n) is 5.46. The monoisotopic (exact) mass is 233 g/mol. The molecule has 0 aliphatic heterocycles. The van der Waals surface area contributed by atoms with Crippen molar-refractivity contribution in [2.75, 3.05) is 11.1 Å². The minimum absolute atomic E-state index is 0.481. The Morgan fingerprint density at radius 1 is 1.47 bits per heavy atom. The first-order chi connectivity index (χ1) is 8.19. The SMILES string of the molecule is CCc1cc(CNc2ncc(C)c(N)n2)on1. The molecule has 0 unspecified atom stereocenters. The molecule has 2 aromatic heterocycles. The lowest BCUT2D eigenvalue weighted by atomic mass is 10.3. The topological polar surface area (TPSA) is 89.9 Å². The predicted octanol–water partition coefficient (Wildman–Crippen LogP) is 1.53. The molecule has 0 bridgehead atoms. The van der Waals surface area contributed by atoms with Crippen LogP contribution < -0.4 is 11.1 Å². The average molecular weight is 233 g/mol. The van der Waals surface area contributed by atoms with Gasteiger partial charge in [-0.15, -0.1) is 0 Å². The highest BCUT2D eigenvalue weighted by atomic mass is 16.5.